The fourth-order valence-electron chi connectivity index (χ4n) is 8.92. The number of ether oxygens (including phenoxy) is 3. The summed E-state index contributed by atoms with van der Waals surface area (Å²) in [5, 5.41) is 18.5. The molecule has 398 valence electrons. The van der Waals surface area contributed by atoms with Gasteiger partial charge in [0.05, 0.1) is 23.4 Å². The molecule has 70 heavy (non-hydrogen) atoms. The van der Waals surface area contributed by atoms with Gasteiger partial charge in [-0.15, -0.1) is 0 Å². The number of carbonyl (C=O) groups excluding carboxylic acids is 6. The van der Waals surface area contributed by atoms with Crippen molar-refractivity contribution in [3.05, 3.63) is 29.8 Å². The van der Waals surface area contributed by atoms with E-state index < -0.39 is 100 Å². The average Bonchev–Trinajstić information content (AvgIpc) is 3.72. The Morgan fingerprint density at radius 1 is 0.700 bits per heavy atom. The zero-order chi connectivity index (χ0) is 53.1. The van der Waals surface area contributed by atoms with Crippen molar-refractivity contribution >= 4 is 41.2 Å². The third-order valence-electron chi connectivity index (χ3n) is 12.1. The molecule has 0 bridgehead atoms. The molecular weight excluding hydrogens is 893 g/mol. The molecule has 1 fully saturated rings. The van der Waals surface area contributed by atoms with Crippen LogP contribution in [0.3, 0.4) is 0 Å². The molecule has 1 heterocycles. The Kier molecular flexibility index (Phi) is 25.2. The Morgan fingerprint density at radius 3 is 1.79 bits per heavy atom. The first kappa shape index (κ1) is 61.7. The molecule has 1 aromatic rings. The summed E-state index contributed by atoms with van der Waals surface area (Å²) >= 11 is 0. The van der Waals surface area contributed by atoms with Crippen LogP contribution in [0.1, 0.15) is 193 Å². The van der Waals surface area contributed by atoms with Gasteiger partial charge in [0, 0.05) is 44.1 Å². The minimum Gasteiger partial charge on any atom is -0.488 e. The Balaban J connectivity index is 2.31. The number of carboxylic acid groups (broad SMARTS) is 1. The van der Waals surface area contributed by atoms with Crippen LogP contribution in [0.5, 0.6) is 5.75 Å². The van der Waals surface area contributed by atoms with Gasteiger partial charge in [-0.25, -0.2) is 4.79 Å². The molecule has 1 aliphatic rings. The smallest absolute Gasteiger partial charge is 0.326 e. The number of carboxylic acids is 1. The molecule has 1 aliphatic heterocycles. The highest BCUT2D eigenvalue weighted by molar-refractivity contribution is 5.97. The summed E-state index contributed by atoms with van der Waals surface area (Å²) in [6.07, 6.45) is 7.19. The first-order valence-electron chi connectivity index (χ1n) is 26.0. The largest absolute Gasteiger partial charge is 0.488 e. The van der Waals surface area contributed by atoms with Crippen LogP contribution in [0, 0.1) is 17.8 Å². The third kappa shape index (κ3) is 23.2. The number of hydrogen-bond donors (Lipinski definition) is 4. The molecule has 15 nitrogen and oxygen atoms in total. The Bertz CT molecular complexity index is 1850. The summed E-state index contributed by atoms with van der Waals surface area (Å²) in [5.74, 6) is -4.83. The van der Waals surface area contributed by atoms with Gasteiger partial charge < -0.3 is 40.2 Å². The maximum Gasteiger partial charge on any atom is 0.326 e. The molecular formula is C55H92N4O11. The lowest BCUT2D eigenvalue weighted by atomic mass is 9.90. The number of unbranched alkanes of at least 4 members (excludes halogenated alkanes) is 6. The van der Waals surface area contributed by atoms with Gasteiger partial charge in [-0.2, -0.15) is 0 Å². The first-order valence-corrected chi connectivity index (χ1v) is 26.0. The van der Waals surface area contributed by atoms with Crippen LogP contribution in [-0.2, 0) is 49.5 Å². The fraction of sp³-hybridized carbons (Fsp3) is 0.764. The number of nitrogens with one attached hydrogen (secondary N) is 3. The Hall–Kier alpha value is -4.37. The average molecular weight is 985 g/mol. The van der Waals surface area contributed by atoms with Gasteiger partial charge in [0.15, 0.2) is 5.78 Å². The summed E-state index contributed by atoms with van der Waals surface area (Å²) < 4.78 is 18.3. The van der Waals surface area contributed by atoms with Gasteiger partial charge in [0.25, 0.3) is 0 Å². The van der Waals surface area contributed by atoms with Gasteiger partial charge in [0.2, 0.25) is 23.6 Å². The standard InChI is InChI=1S/C55H92N4O11/c1-16-17-18-19-20-21-22-24-41(60)34-40(31-35(2)3)49(63)58-47(38(6)69-54(10,11)12)51(65)59-30-23-25-44(59)50(64)57-46(37(5)68-53(7,8)9)45(61)32-36(4)48(62)56-43(52(66)67)33-39-26-28-42(29-27-39)70-55(13,14)15/h26-29,35-38,40,43-44,46-47H,16-25,30-34H2,1-15H3,(H,56,62)(H,57,64)(H,58,63)(H,66,67)/t36-,37?,38?,40-,43+,44-,46+,47+/m1/s1. The van der Waals surface area contributed by atoms with E-state index in [2.05, 4.69) is 22.9 Å². The summed E-state index contributed by atoms with van der Waals surface area (Å²) in [6, 6.07) is 2.24. The molecule has 8 atom stereocenters. The van der Waals surface area contributed by atoms with Gasteiger partial charge in [-0.3, -0.25) is 28.8 Å². The zero-order valence-corrected chi connectivity index (χ0v) is 45.6. The third-order valence-corrected chi connectivity index (χ3v) is 12.1. The van der Waals surface area contributed by atoms with Crippen molar-refractivity contribution in [1.82, 2.24) is 20.9 Å². The number of carbonyl (C=O) groups is 7. The number of likely N-dealkylation sites (tertiary alicyclic amines) is 1. The fourth-order valence-corrected chi connectivity index (χ4v) is 8.92. The van der Waals surface area contributed by atoms with E-state index in [4.69, 9.17) is 14.2 Å². The van der Waals surface area contributed by atoms with E-state index in [1.165, 1.54) is 31.1 Å². The van der Waals surface area contributed by atoms with Gasteiger partial charge in [-0.05, 0) is 125 Å². The van der Waals surface area contributed by atoms with E-state index in [-0.39, 0.29) is 43.9 Å². The molecule has 0 radical (unpaired) electrons. The number of hydrogen-bond acceptors (Lipinski definition) is 10. The summed E-state index contributed by atoms with van der Waals surface area (Å²) in [6.45, 7) is 28.0. The van der Waals surface area contributed by atoms with Crippen LogP contribution in [0.4, 0.5) is 0 Å². The molecule has 0 spiro atoms. The quantitative estimate of drug-likeness (QED) is 0.0537. The molecule has 0 saturated carbocycles. The van der Waals surface area contributed by atoms with Crippen molar-refractivity contribution < 1.29 is 52.9 Å². The highest BCUT2D eigenvalue weighted by Crippen LogP contribution is 2.26. The van der Waals surface area contributed by atoms with Crippen molar-refractivity contribution in [2.24, 2.45) is 17.8 Å². The normalized spacial score (nSPS) is 17.4. The molecule has 15 heteroatoms. The number of ketones is 2. The van der Waals surface area contributed by atoms with Crippen LogP contribution >= 0.6 is 0 Å². The van der Waals surface area contributed by atoms with Crippen molar-refractivity contribution in [3.8, 4) is 5.75 Å². The second-order valence-corrected chi connectivity index (χ2v) is 23.0. The number of aliphatic carboxylic acids is 1. The second kappa shape index (κ2) is 28.6. The molecule has 0 aliphatic carbocycles. The Morgan fingerprint density at radius 2 is 1.26 bits per heavy atom. The second-order valence-electron chi connectivity index (χ2n) is 23.0. The van der Waals surface area contributed by atoms with E-state index in [0.717, 1.165) is 25.7 Å². The van der Waals surface area contributed by atoms with E-state index in [9.17, 15) is 38.7 Å². The first-order chi connectivity index (χ1) is 32.4. The zero-order valence-electron chi connectivity index (χ0n) is 45.6. The monoisotopic (exact) mass is 985 g/mol. The van der Waals surface area contributed by atoms with Crippen molar-refractivity contribution in [2.45, 2.75) is 247 Å². The number of amides is 4. The molecule has 2 rings (SSSR count). The highest BCUT2D eigenvalue weighted by atomic mass is 16.5. The lowest BCUT2D eigenvalue weighted by molar-refractivity contribution is -0.150. The van der Waals surface area contributed by atoms with E-state index in [1.807, 2.05) is 76.2 Å². The highest BCUT2D eigenvalue weighted by Gasteiger charge is 2.43. The SMILES string of the molecule is CCCCCCCCCC(=O)C[C@@H](CC(C)C)C(=O)N[C@H](C(=O)N1CCC[C@@H]1C(=O)N[C@H](C(=O)C[C@@H](C)C(=O)N[C@@H](Cc1ccc(OC(C)(C)C)cc1)C(=O)O)C(C)OC(C)(C)C)C(C)OC(C)(C)C. The number of rotatable bonds is 30. The van der Waals surface area contributed by atoms with E-state index in [1.54, 1.807) is 38.1 Å². The summed E-state index contributed by atoms with van der Waals surface area (Å²) in [4.78, 5) is 98.1. The molecule has 4 N–H and O–H groups in total. The van der Waals surface area contributed by atoms with Crippen LogP contribution in [0.25, 0.3) is 0 Å². The van der Waals surface area contributed by atoms with Crippen LogP contribution in [0.15, 0.2) is 24.3 Å². The van der Waals surface area contributed by atoms with E-state index >= 15 is 0 Å². The maximum atomic E-state index is 14.7. The number of Topliss-reactive ketones (excluding diaryl/α,β-unsaturated/α-hetero) is 2. The van der Waals surface area contributed by atoms with Gasteiger partial charge in [0.1, 0.15) is 41.3 Å². The lowest BCUT2D eigenvalue weighted by Gasteiger charge is -2.36. The molecule has 1 aromatic carbocycles. The molecule has 4 amide bonds. The molecule has 2 unspecified atom stereocenters. The summed E-state index contributed by atoms with van der Waals surface area (Å²) in [7, 11) is 0. The predicted octanol–water partition coefficient (Wildman–Crippen LogP) is 8.70. The van der Waals surface area contributed by atoms with Crippen LogP contribution in [-0.4, -0.2) is 111 Å². The minimum absolute atomic E-state index is 0.00745. The lowest BCUT2D eigenvalue weighted by Crippen LogP contribution is -2.60. The Labute approximate surface area is 420 Å². The van der Waals surface area contributed by atoms with Crippen molar-refractivity contribution in [2.75, 3.05) is 6.54 Å². The van der Waals surface area contributed by atoms with Crippen LogP contribution < -0.4 is 20.7 Å². The van der Waals surface area contributed by atoms with Crippen molar-refractivity contribution in [1.29, 1.82) is 0 Å². The van der Waals surface area contributed by atoms with E-state index in [0.29, 0.717) is 30.6 Å². The van der Waals surface area contributed by atoms with Crippen molar-refractivity contribution in [3.63, 3.8) is 0 Å². The minimum atomic E-state index is -1.28. The predicted molar refractivity (Wildman–Crippen MR) is 273 cm³/mol. The van der Waals surface area contributed by atoms with Gasteiger partial charge >= 0.3 is 5.97 Å². The maximum absolute atomic E-state index is 14.7. The molecule has 1 saturated heterocycles. The molecule has 0 aromatic heterocycles. The number of nitrogens with zero attached hydrogens (tertiary/aromatic N) is 1. The van der Waals surface area contributed by atoms with Crippen LogP contribution in [0.2, 0.25) is 0 Å². The van der Waals surface area contributed by atoms with Gasteiger partial charge in [-0.1, -0.05) is 78.4 Å². The summed E-state index contributed by atoms with van der Waals surface area (Å²) in [5.41, 5.74) is -1.18. The number of benzene rings is 1. The topological polar surface area (TPSA) is 207 Å².